The summed E-state index contributed by atoms with van der Waals surface area (Å²) in [5.41, 5.74) is 0.364. The Balaban J connectivity index is 2.69. The molecule has 112 valence electrons. The van der Waals surface area contributed by atoms with Gasteiger partial charge >= 0.3 is 0 Å². The lowest BCUT2D eigenvalue weighted by molar-refractivity contribution is 0.0940. The van der Waals surface area contributed by atoms with E-state index in [9.17, 15) is 4.79 Å². The molecule has 0 spiro atoms. The third-order valence-electron chi connectivity index (χ3n) is 2.98. The van der Waals surface area contributed by atoms with Crippen LogP contribution in [0.3, 0.4) is 0 Å². The first-order valence-corrected chi connectivity index (χ1v) is 7.29. The number of hydrogen-bond donors (Lipinski definition) is 1. The van der Waals surface area contributed by atoms with Gasteiger partial charge in [0.15, 0.2) is 11.5 Å². The second-order valence-electron chi connectivity index (χ2n) is 4.81. The van der Waals surface area contributed by atoms with Crippen molar-refractivity contribution in [2.75, 3.05) is 14.2 Å². The smallest absolute Gasteiger partial charge is 0.270 e. The number of nitrogens with zero attached hydrogens (tertiary/aromatic N) is 1. The van der Waals surface area contributed by atoms with E-state index in [1.807, 2.05) is 19.9 Å². The maximum atomic E-state index is 12.3. The van der Waals surface area contributed by atoms with E-state index in [2.05, 4.69) is 26.2 Å². The number of carbonyl (C=O) groups is 1. The summed E-state index contributed by atoms with van der Waals surface area (Å²) in [5.74, 6) is 0.921. The number of aromatic nitrogens is 1. The summed E-state index contributed by atoms with van der Waals surface area (Å²) in [4.78, 5) is 16.5. The molecule has 5 nitrogen and oxygen atoms in total. The molecular weight excluding hydrogens is 336 g/mol. The molecule has 0 aliphatic rings. The first-order valence-electron chi connectivity index (χ1n) is 6.49. The Morgan fingerprint density at radius 1 is 1.29 bits per heavy atom. The number of methoxy groups -OCH3 is 2. The molecule has 0 saturated carbocycles. The van der Waals surface area contributed by atoms with Gasteiger partial charge in [0.2, 0.25) is 0 Å². The highest BCUT2D eigenvalue weighted by Gasteiger charge is 2.19. The summed E-state index contributed by atoms with van der Waals surface area (Å²) in [6.07, 6.45) is 1.61. The van der Waals surface area contributed by atoms with Crippen molar-refractivity contribution in [2.45, 2.75) is 19.9 Å². The van der Waals surface area contributed by atoms with Crippen LogP contribution in [-0.2, 0) is 0 Å². The number of pyridine rings is 1. The molecule has 0 fully saturated rings. The van der Waals surface area contributed by atoms with Gasteiger partial charge < -0.3 is 14.8 Å². The largest absolute Gasteiger partial charge is 0.493 e. The zero-order chi connectivity index (χ0) is 15.6. The average Bonchev–Trinajstić information content (AvgIpc) is 2.45. The van der Waals surface area contributed by atoms with Crippen LogP contribution in [0.25, 0.3) is 10.8 Å². The number of fused-ring (bicyclic) bond motifs is 1. The number of nitrogens with one attached hydrogen (secondary N) is 1. The van der Waals surface area contributed by atoms with Crippen molar-refractivity contribution in [3.63, 3.8) is 0 Å². The lowest BCUT2D eigenvalue weighted by atomic mass is 10.1. The molecule has 1 amide bonds. The molecule has 0 aliphatic heterocycles. The van der Waals surface area contributed by atoms with E-state index < -0.39 is 0 Å². The van der Waals surface area contributed by atoms with E-state index in [4.69, 9.17) is 9.47 Å². The number of amides is 1. The molecule has 1 aromatic heterocycles. The topological polar surface area (TPSA) is 60.5 Å². The third-order valence-corrected chi connectivity index (χ3v) is 3.77. The summed E-state index contributed by atoms with van der Waals surface area (Å²) in [6, 6.07) is 3.63. The van der Waals surface area contributed by atoms with Crippen LogP contribution in [0, 0.1) is 0 Å². The summed E-state index contributed by atoms with van der Waals surface area (Å²) >= 11 is 3.50. The van der Waals surface area contributed by atoms with Crippen LogP contribution >= 0.6 is 15.9 Å². The molecule has 0 saturated heterocycles. The Labute approximate surface area is 131 Å². The fourth-order valence-corrected chi connectivity index (χ4v) is 2.79. The van der Waals surface area contributed by atoms with Crippen LogP contribution in [0.2, 0.25) is 0 Å². The fraction of sp³-hybridized carbons (Fsp3) is 0.333. The molecular formula is C15H17BrN2O3. The molecule has 6 heteroatoms. The second-order valence-corrected chi connectivity index (χ2v) is 5.60. The van der Waals surface area contributed by atoms with Crippen molar-refractivity contribution in [3.8, 4) is 11.5 Å². The van der Waals surface area contributed by atoms with Crippen LogP contribution < -0.4 is 14.8 Å². The van der Waals surface area contributed by atoms with Crippen molar-refractivity contribution in [2.24, 2.45) is 0 Å². The van der Waals surface area contributed by atoms with E-state index in [-0.39, 0.29) is 11.9 Å². The Kier molecular flexibility index (Phi) is 4.67. The van der Waals surface area contributed by atoms with Gasteiger partial charge in [-0.1, -0.05) is 0 Å². The SMILES string of the molecule is COc1cc2c(C(=O)NC(C)C)nccc2c(Br)c1OC. The summed E-state index contributed by atoms with van der Waals surface area (Å²) < 4.78 is 11.4. The fourth-order valence-electron chi connectivity index (χ4n) is 2.09. The third kappa shape index (κ3) is 2.95. The molecule has 1 aromatic carbocycles. The van der Waals surface area contributed by atoms with Gasteiger partial charge in [0, 0.05) is 23.0 Å². The lowest BCUT2D eigenvalue weighted by Gasteiger charge is -2.14. The molecule has 0 aliphatic carbocycles. The molecule has 21 heavy (non-hydrogen) atoms. The quantitative estimate of drug-likeness (QED) is 0.917. The normalized spacial score (nSPS) is 10.8. The first kappa shape index (κ1) is 15.6. The van der Waals surface area contributed by atoms with Crippen LogP contribution in [-0.4, -0.2) is 31.2 Å². The van der Waals surface area contributed by atoms with Crippen molar-refractivity contribution in [1.82, 2.24) is 10.3 Å². The number of hydrogen-bond acceptors (Lipinski definition) is 4. The van der Waals surface area contributed by atoms with Crippen LogP contribution in [0.4, 0.5) is 0 Å². The molecule has 0 radical (unpaired) electrons. The van der Waals surface area contributed by atoms with Crippen molar-refractivity contribution < 1.29 is 14.3 Å². The summed E-state index contributed by atoms with van der Waals surface area (Å²) in [7, 11) is 3.13. The first-order chi connectivity index (χ1) is 9.99. The average molecular weight is 353 g/mol. The minimum Gasteiger partial charge on any atom is -0.493 e. The number of halogens is 1. The number of ether oxygens (including phenoxy) is 2. The molecule has 0 unspecified atom stereocenters. The number of benzene rings is 1. The van der Waals surface area contributed by atoms with Gasteiger partial charge in [-0.2, -0.15) is 0 Å². The summed E-state index contributed by atoms with van der Waals surface area (Å²) in [5, 5.41) is 4.40. The van der Waals surface area contributed by atoms with Gasteiger partial charge in [-0.05, 0) is 41.9 Å². The van der Waals surface area contributed by atoms with Gasteiger partial charge in [-0.15, -0.1) is 0 Å². The zero-order valence-electron chi connectivity index (χ0n) is 12.4. The molecule has 2 aromatic rings. The van der Waals surface area contributed by atoms with Gasteiger partial charge in [-0.25, -0.2) is 0 Å². The number of carbonyl (C=O) groups excluding carboxylic acids is 1. The van der Waals surface area contributed by atoms with E-state index in [1.165, 1.54) is 0 Å². The summed E-state index contributed by atoms with van der Waals surface area (Å²) in [6.45, 7) is 3.81. The Morgan fingerprint density at radius 3 is 2.57 bits per heavy atom. The van der Waals surface area contributed by atoms with Crippen LogP contribution in [0.15, 0.2) is 22.8 Å². The second kappa shape index (κ2) is 6.30. The predicted octanol–water partition coefficient (Wildman–Crippen LogP) is 3.15. The predicted molar refractivity (Wildman–Crippen MR) is 85.1 cm³/mol. The molecule has 1 heterocycles. The van der Waals surface area contributed by atoms with E-state index in [0.29, 0.717) is 22.6 Å². The van der Waals surface area contributed by atoms with E-state index in [1.54, 1.807) is 26.5 Å². The van der Waals surface area contributed by atoms with Gasteiger partial charge in [0.25, 0.3) is 5.91 Å². The minimum absolute atomic E-state index is 0.0399. The Morgan fingerprint density at radius 2 is 2.00 bits per heavy atom. The highest BCUT2D eigenvalue weighted by molar-refractivity contribution is 9.10. The van der Waals surface area contributed by atoms with Crippen molar-refractivity contribution in [1.29, 1.82) is 0 Å². The van der Waals surface area contributed by atoms with Crippen molar-refractivity contribution >= 4 is 32.6 Å². The Hall–Kier alpha value is -1.82. The van der Waals surface area contributed by atoms with Crippen LogP contribution in [0.5, 0.6) is 11.5 Å². The Bertz CT molecular complexity index is 686. The zero-order valence-corrected chi connectivity index (χ0v) is 13.9. The standard InChI is InChI=1S/C15H17BrN2O3/c1-8(2)18-15(19)13-10-7-11(20-3)14(21-4)12(16)9(10)5-6-17-13/h5-8H,1-4H3,(H,18,19). The maximum absolute atomic E-state index is 12.3. The molecule has 2 rings (SSSR count). The van der Waals surface area contributed by atoms with Gasteiger partial charge in [0.1, 0.15) is 5.69 Å². The molecule has 0 bridgehead atoms. The lowest BCUT2D eigenvalue weighted by Crippen LogP contribution is -2.30. The van der Waals surface area contributed by atoms with E-state index in [0.717, 1.165) is 9.86 Å². The minimum atomic E-state index is -0.213. The maximum Gasteiger partial charge on any atom is 0.270 e. The number of rotatable bonds is 4. The monoisotopic (exact) mass is 352 g/mol. The van der Waals surface area contributed by atoms with Gasteiger partial charge in [-0.3, -0.25) is 9.78 Å². The van der Waals surface area contributed by atoms with Crippen LogP contribution in [0.1, 0.15) is 24.3 Å². The van der Waals surface area contributed by atoms with Crippen molar-refractivity contribution in [3.05, 3.63) is 28.5 Å². The molecule has 0 atom stereocenters. The van der Waals surface area contributed by atoms with E-state index >= 15 is 0 Å². The molecule has 1 N–H and O–H groups in total. The highest BCUT2D eigenvalue weighted by atomic mass is 79.9. The van der Waals surface area contributed by atoms with Gasteiger partial charge in [0.05, 0.1) is 18.7 Å². The highest BCUT2D eigenvalue weighted by Crippen LogP contribution is 2.41.